The Bertz CT molecular complexity index is 3110. The molecule has 11 rings (SSSR count). The number of rotatable bonds is 5. The van der Waals surface area contributed by atoms with Gasteiger partial charge in [-0.2, -0.15) is 0 Å². The first-order valence-corrected chi connectivity index (χ1v) is 19.1. The van der Waals surface area contributed by atoms with Gasteiger partial charge in [0.25, 0.3) is 0 Å². The zero-order valence-electron chi connectivity index (χ0n) is 30.8. The first-order valence-electron chi connectivity index (χ1n) is 19.1. The molecule has 0 fully saturated rings. The van der Waals surface area contributed by atoms with E-state index in [-0.39, 0.29) is 5.41 Å². The van der Waals surface area contributed by atoms with Gasteiger partial charge in [0.1, 0.15) is 11.2 Å². The van der Waals surface area contributed by atoms with Crippen molar-refractivity contribution in [2.75, 3.05) is 4.90 Å². The highest BCUT2D eigenvalue weighted by atomic mass is 16.3. The normalized spacial score (nSPS) is 13.1. The highest BCUT2D eigenvalue weighted by Gasteiger charge is 2.35. The molecule has 0 N–H and O–H groups in total. The first-order chi connectivity index (χ1) is 27.0. The molecule has 0 saturated carbocycles. The van der Waals surface area contributed by atoms with Gasteiger partial charge < -0.3 is 9.32 Å². The molecule has 1 aliphatic rings. The second-order valence-corrected chi connectivity index (χ2v) is 15.3. The summed E-state index contributed by atoms with van der Waals surface area (Å²) in [5.41, 5.74) is 15.1. The van der Waals surface area contributed by atoms with Crippen molar-refractivity contribution in [3.05, 3.63) is 199 Å². The predicted molar refractivity (Wildman–Crippen MR) is 232 cm³/mol. The maximum atomic E-state index is 6.73. The van der Waals surface area contributed by atoms with E-state index in [0.29, 0.717) is 0 Å². The van der Waals surface area contributed by atoms with Crippen LogP contribution in [-0.4, -0.2) is 0 Å². The van der Waals surface area contributed by atoms with E-state index in [1.54, 1.807) is 0 Å². The molecule has 0 spiro atoms. The van der Waals surface area contributed by atoms with Crippen LogP contribution in [0.4, 0.5) is 17.1 Å². The minimum atomic E-state index is -0.114. The van der Waals surface area contributed by atoms with Crippen molar-refractivity contribution < 1.29 is 4.42 Å². The fraction of sp³-hybridized carbons (Fsp3) is 0.0566. The summed E-state index contributed by atoms with van der Waals surface area (Å²) in [4.78, 5) is 2.40. The predicted octanol–water partition coefficient (Wildman–Crippen LogP) is 15.0. The summed E-state index contributed by atoms with van der Waals surface area (Å²) < 4.78 is 6.73. The summed E-state index contributed by atoms with van der Waals surface area (Å²) in [5, 5.41) is 7.12. The van der Waals surface area contributed by atoms with E-state index in [2.05, 4.69) is 207 Å². The van der Waals surface area contributed by atoms with E-state index in [4.69, 9.17) is 4.42 Å². The van der Waals surface area contributed by atoms with Crippen LogP contribution in [0.2, 0.25) is 0 Å². The Balaban J connectivity index is 1.10. The molecular formula is C53H37NO. The third-order valence-corrected chi connectivity index (χ3v) is 11.8. The molecule has 1 heterocycles. The van der Waals surface area contributed by atoms with Gasteiger partial charge in [-0.25, -0.2) is 0 Å². The van der Waals surface area contributed by atoms with Crippen molar-refractivity contribution in [1.82, 2.24) is 0 Å². The van der Waals surface area contributed by atoms with E-state index in [9.17, 15) is 0 Å². The molecule has 0 saturated heterocycles. The lowest BCUT2D eigenvalue weighted by molar-refractivity contribution is 0.660. The minimum absolute atomic E-state index is 0.114. The van der Waals surface area contributed by atoms with Crippen LogP contribution in [0.3, 0.4) is 0 Å². The van der Waals surface area contributed by atoms with Crippen LogP contribution in [0.15, 0.2) is 192 Å². The smallest absolute Gasteiger partial charge is 0.136 e. The van der Waals surface area contributed by atoms with Gasteiger partial charge in [-0.1, -0.05) is 147 Å². The van der Waals surface area contributed by atoms with E-state index in [1.165, 1.54) is 66.1 Å². The average Bonchev–Trinajstić information content (AvgIpc) is 3.72. The van der Waals surface area contributed by atoms with Gasteiger partial charge in [0.15, 0.2) is 0 Å². The SMILES string of the molecule is CC1(C)c2ccccc2-c2ccc(N(c3ccc(-c4ccccc4)cc3)c3ccc4oc5cc(-c6ccc7ccccc7c6)c6ccccc6c5c4c3)cc21. The quantitative estimate of drug-likeness (QED) is 0.177. The highest BCUT2D eigenvalue weighted by molar-refractivity contribution is 6.22. The molecule has 1 aliphatic carbocycles. The minimum Gasteiger partial charge on any atom is -0.456 e. The zero-order valence-corrected chi connectivity index (χ0v) is 30.8. The average molecular weight is 704 g/mol. The van der Waals surface area contributed by atoms with Crippen molar-refractivity contribution >= 4 is 60.5 Å². The van der Waals surface area contributed by atoms with Crippen molar-refractivity contribution in [3.8, 4) is 33.4 Å². The monoisotopic (exact) mass is 703 g/mol. The zero-order chi connectivity index (χ0) is 36.7. The van der Waals surface area contributed by atoms with Gasteiger partial charge in [0, 0.05) is 33.2 Å². The Morgan fingerprint density at radius 3 is 1.87 bits per heavy atom. The molecule has 0 aliphatic heterocycles. The molecule has 0 bridgehead atoms. The number of nitrogens with zero attached hydrogens (tertiary/aromatic N) is 1. The Hall–Kier alpha value is -6.90. The molecule has 9 aromatic carbocycles. The summed E-state index contributed by atoms with van der Waals surface area (Å²) in [6, 6.07) is 68.4. The molecule has 2 heteroatoms. The maximum absolute atomic E-state index is 6.73. The van der Waals surface area contributed by atoms with Crippen molar-refractivity contribution in [1.29, 1.82) is 0 Å². The van der Waals surface area contributed by atoms with E-state index in [0.717, 1.165) is 39.0 Å². The number of hydrogen-bond donors (Lipinski definition) is 0. The summed E-state index contributed by atoms with van der Waals surface area (Å²) in [6.07, 6.45) is 0. The number of anilines is 3. The van der Waals surface area contributed by atoms with Crippen LogP contribution in [0.25, 0.3) is 76.9 Å². The molecule has 0 amide bonds. The largest absolute Gasteiger partial charge is 0.456 e. The van der Waals surface area contributed by atoms with Crippen LogP contribution < -0.4 is 4.90 Å². The third-order valence-electron chi connectivity index (χ3n) is 11.8. The van der Waals surface area contributed by atoms with Gasteiger partial charge in [0.2, 0.25) is 0 Å². The van der Waals surface area contributed by atoms with E-state index >= 15 is 0 Å². The van der Waals surface area contributed by atoms with Gasteiger partial charge >= 0.3 is 0 Å². The van der Waals surface area contributed by atoms with Crippen molar-refractivity contribution in [2.45, 2.75) is 19.3 Å². The second kappa shape index (κ2) is 12.1. The number of fused-ring (bicyclic) bond motifs is 9. The van der Waals surface area contributed by atoms with Gasteiger partial charge in [-0.3, -0.25) is 0 Å². The van der Waals surface area contributed by atoms with Crippen LogP contribution in [0, 0.1) is 0 Å². The van der Waals surface area contributed by atoms with Crippen LogP contribution in [-0.2, 0) is 5.41 Å². The summed E-state index contributed by atoms with van der Waals surface area (Å²) in [6.45, 7) is 4.70. The molecular weight excluding hydrogens is 667 g/mol. The Morgan fingerprint density at radius 2 is 1.02 bits per heavy atom. The number of furan rings is 1. The lowest BCUT2D eigenvalue weighted by atomic mass is 9.82. The molecule has 55 heavy (non-hydrogen) atoms. The fourth-order valence-corrected chi connectivity index (χ4v) is 9.08. The topological polar surface area (TPSA) is 16.4 Å². The Labute approximate surface area is 320 Å². The van der Waals surface area contributed by atoms with Crippen LogP contribution in [0.5, 0.6) is 0 Å². The van der Waals surface area contributed by atoms with Crippen LogP contribution in [0.1, 0.15) is 25.0 Å². The standard InChI is InChI=1S/C53H37NO/c1-53(2)48-19-11-10-17-43(48)44-28-26-41(32-49(44)53)54(39-24-22-36(23-25-39)34-12-4-3-5-13-34)40-27-29-50-47(31-40)52-45-18-9-8-16-42(45)46(33-51(52)55-50)38-21-20-35-14-6-7-15-37(35)30-38/h3-33H,1-2H3. The van der Waals surface area contributed by atoms with Crippen molar-refractivity contribution in [3.63, 3.8) is 0 Å². The first kappa shape index (κ1) is 31.6. The van der Waals surface area contributed by atoms with E-state index in [1.807, 2.05) is 0 Å². The second-order valence-electron chi connectivity index (χ2n) is 15.3. The highest BCUT2D eigenvalue weighted by Crippen LogP contribution is 2.51. The van der Waals surface area contributed by atoms with Crippen molar-refractivity contribution in [2.24, 2.45) is 0 Å². The van der Waals surface area contributed by atoms with Gasteiger partial charge in [-0.15, -0.1) is 0 Å². The van der Waals surface area contributed by atoms with Crippen LogP contribution >= 0.6 is 0 Å². The number of hydrogen-bond acceptors (Lipinski definition) is 2. The van der Waals surface area contributed by atoms with Gasteiger partial charge in [0.05, 0.1) is 0 Å². The summed E-state index contributed by atoms with van der Waals surface area (Å²) in [7, 11) is 0. The molecule has 0 unspecified atom stereocenters. The molecule has 2 nitrogen and oxygen atoms in total. The van der Waals surface area contributed by atoms with Gasteiger partial charge in [-0.05, 0) is 121 Å². The molecule has 260 valence electrons. The summed E-state index contributed by atoms with van der Waals surface area (Å²) >= 11 is 0. The Morgan fingerprint density at radius 1 is 0.382 bits per heavy atom. The summed E-state index contributed by atoms with van der Waals surface area (Å²) in [5.74, 6) is 0. The maximum Gasteiger partial charge on any atom is 0.136 e. The molecule has 0 radical (unpaired) electrons. The molecule has 0 atom stereocenters. The molecule has 10 aromatic rings. The third kappa shape index (κ3) is 4.95. The fourth-order valence-electron chi connectivity index (χ4n) is 9.08. The lowest BCUT2D eigenvalue weighted by Gasteiger charge is -2.28. The Kier molecular flexibility index (Phi) is 6.93. The lowest BCUT2D eigenvalue weighted by Crippen LogP contribution is -2.16. The van der Waals surface area contributed by atoms with E-state index < -0.39 is 0 Å². The number of benzene rings is 9. The molecule has 1 aromatic heterocycles.